The van der Waals surface area contributed by atoms with Crippen LogP contribution in [0.4, 0.5) is 0 Å². The molecule has 3 heteroatoms. The van der Waals surface area contributed by atoms with Gasteiger partial charge in [-0.2, -0.15) is 0 Å². The number of ketones is 1. The van der Waals surface area contributed by atoms with Crippen molar-refractivity contribution < 1.29 is 9.53 Å². The molecule has 0 amide bonds. The molecule has 1 aliphatic heterocycles. The second-order valence-corrected chi connectivity index (χ2v) is 5.89. The first-order valence-electron chi connectivity index (χ1n) is 6.62. The molecule has 0 saturated heterocycles. The Labute approximate surface area is 123 Å². The molecule has 102 valence electrons. The van der Waals surface area contributed by atoms with Gasteiger partial charge in [0, 0.05) is 4.90 Å². The molecule has 0 saturated carbocycles. The highest BCUT2D eigenvalue weighted by molar-refractivity contribution is 7.98. The Balaban J connectivity index is 1.90. The SMILES string of the molecule is CSc1ccc(C2CC(=O)c3cc(C)ccc3O2)cc1. The van der Waals surface area contributed by atoms with Gasteiger partial charge < -0.3 is 4.74 Å². The van der Waals surface area contributed by atoms with Crippen molar-refractivity contribution in [3.8, 4) is 5.75 Å². The van der Waals surface area contributed by atoms with Gasteiger partial charge in [0.25, 0.3) is 0 Å². The van der Waals surface area contributed by atoms with E-state index in [1.807, 2.05) is 43.5 Å². The Morgan fingerprint density at radius 3 is 2.60 bits per heavy atom. The minimum atomic E-state index is -0.173. The van der Waals surface area contributed by atoms with Crippen LogP contribution in [0.3, 0.4) is 0 Å². The van der Waals surface area contributed by atoms with E-state index in [1.54, 1.807) is 11.8 Å². The Hall–Kier alpha value is -1.74. The quantitative estimate of drug-likeness (QED) is 0.763. The lowest BCUT2D eigenvalue weighted by atomic mass is 9.95. The molecule has 2 nitrogen and oxygen atoms in total. The Morgan fingerprint density at radius 1 is 1.15 bits per heavy atom. The van der Waals surface area contributed by atoms with Crippen molar-refractivity contribution in [3.05, 3.63) is 59.2 Å². The smallest absolute Gasteiger partial charge is 0.170 e. The predicted molar refractivity (Wildman–Crippen MR) is 81.7 cm³/mol. The Bertz CT molecular complexity index is 647. The average Bonchev–Trinajstić information content (AvgIpc) is 2.48. The fraction of sp³-hybridized carbons (Fsp3) is 0.235. The summed E-state index contributed by atoms with van der Waals surface area (Å²) in [5.41, 5.74) is 2.85. The van der Waals surface area contributed by atoms with Crippen molar-refractivity contribution in [2.75, 3.05) is 6.26 Å². The maximum Gasteiger partial charge on any atom is 0.170 e. The first-order chi connectivity index (χ1) is 9.67. The molecule has 0 bridgehead atoms. The van der Waals surface area contributed by atoms with E-state index in [2.05, 4.69) is 12.1 Å². The first kappa shape index (κ1) is 13.3. The summed E-state index contributed by atoms with van der Waals surface area (Å²) in [6, 6.07) is 14.0. The molecular formula is C17H16O2S. The molecular weight excluding hydrogens is 268 g/mol. The molecule has 0 aromatic heterocycles. The minimum absolute atomic E-state index is 0.161. The van der Waals surface area contributed by atoms with Gasteiger partial charge in [-0.3, -0.25) is 4.79 Å². The molecule has 1 aliphatic rings. The van der Waals surface area contributed by atoms with Crippen molar-refractivity contribution in [2.45, 2.75) is 24.3 Å². The van der Waals surface area contributed by atoms with E-state index in [0.29, 0.717) is 17.7 Å². The van der Waals surface area contributed by atoms with Crippen molar-refractivity contribution in [3.63, 3.8) is 0 Å². The van der Waals surface area contributed by atoms with Gasteiger partial charge in [-0.1, -0.05) is 23.8 Å². The third-order valence-corrected chi connectivity index (χ3v) is 4.31. The number of benzene rings is 2. The number of carbonyl (C=O) groups is 1. The summed E-state index contributed by atoms with van der Waals surface area (Å²) in [5, 5.41) is 0. The zero-order valence-corrected chi connectivity index (χ0v) is 12.4. The van der Waals surface area contributed by atoms with E-state index in [0.717, 1.165) is 11.1 Å². The lowest BCUT2D eigenvalue weighted by Crippen LogP contribution is -2.20. The van der Waals surface area contributed by atoms with E-state index in [1.165, 1.54) is 4.90 Å². The van der Waals surface area contributed by atoms with E-state index in [9.17, 15) is 4.79 Å². The molecule has 0 N–H and O–H groups in total. The highest BCUT2D eigenvalue weighted by Crippen LogP contribution is 2.35. The number of carbonyl (C=O) groups excluding carboxylic acids is 1. The number of rotatable bonds is 2. The zero-order valence-electron chi connectivity index (χ0n) is 11.6. The highest BCUT2D eigenvalue weighted by atomic mass is 32.2. The van der Waals surface area contributed by atoms with Gasteiger partial charge in [0.05, 0.1) is 12.0 Å². The van der Waals surface area contributed by atoms with Crippen LogP contribution >= 0.6 is 11.8 Å². The summed E-state index contributed by atoms with van der Waals surface area (Å²) < 4.78 is 5.99. The standard InChI is InChI=1S/C17H16O2S/c1-11-3-8-16-14(9-11)15(18)10-17(19-16)12-4-6-13(20-2)7-5-12/h3-9,17H,10H2,1-2H3. The van der Waals surface area contributed by atoms with Crippen LogP contribution in [0.5, 0.6) is 5.75 Å². The number of fused-ring (bicyclic) bond motifs is 1. The maximum absolute atomic E-state index is 12.3. The fourth-order valence-corrected chi connectivity index (χ4v) is 2.85. The normalized spacial score (nSPS) is 17.5. The highest BCUT2D eigenvalue weighted by Gasteiger charge is 2.27. The van der Waals surface area contributed by atoms with Crippen LogP contribution in [-0.4, -0.2) is 12.0 Å². The predicted octanol–water partition coefficient (Wildman–Crippen LogP) is 4.42. The third-order valence-electron chi connectivity index (χ3n) is 3.56. The molecule has 0 spiro atoms. The molecule has 2 aromatic carbocycles. The largest absolute Gasteiger partial charge is 0.484 e. The molecule has 1 unspecified atom stereocenters. The molecule has 1 atom stereocenters. The summed E-state index contributed by atoms with van der Waals surface area (Å²) in [7, 11) is 0. The van der Waals surface area contributed by atoms with Gasteiger partial charge in [0.2, 0.25) is 0 Å². The molecule has 3 rings (SSSR count). The monoisotopic (exact) mass is 284 g/mol. The average molecular weight is 284 g/mol. The van der Waals surface area contributed by atoms with Crippen molar-refractivity contribution >= 4 is 17.5 Å². The number of aryl methyl sites for hydroxylation is 1. The molecule has 0 radical (unpaired) electrons. The van der Waals surface area contributed by atoms with Gasteiger partial charge in [0.15, 0.2) is 5.78 Å². The van der Waals surface area contributed by atoms with E-state index >= 15 is 0 Å². The van der Waals surface area contributed by atoms with Crippen LogP contribution < -0.4 is 4.74 Å². The van der Waals surface area contributed by atoms with Crippen LogP contribution in [0, 0.1) is 6.92 Å². The number of hydrogen-bond acceptors (Lipinski definition) is 3. The van der Waals surface area contributed by atoms with Gasteiger partial charge in [-0.15, -0.1) is 11.8 Å². The van der Waals surface area contributed by atoms with Crippen LogP contribution in [0.15, 0.2) is 47.4 Å². The number of Topliss-reactive ketones (excluding diaryl/α,β-unsaturated/α-hetero) is 1. The summed E-state index contributed by atoms with van der Waals surface area (Å²) in [5.74, 6) is 0.861. The van der Waals surface area contributed by atoms with Crippen molar-refractivity contribution in [1.82, 2.24) is 0 Å². The van der Waals surface area contributed by atoms with Crippen molar-refractivity contribution in [2.24, 2.45) is 0 Å². The zero-order chi connectivity index (χ0) is 14.1. The fourth-order valence-electron chi connectivity index (χ4n) is 2.44. The second-order valence-electron chi connectivity index (χ2n) is 5.01. The number of ether oxygens (including phenoxy) is 1. The minimum Gasteiger partial charge on any atom is -0.484 e. The summed E-state index contributed by atoms with van der Waals surface area (Å²) in [6.45, 7) is 1.99. The van der Waals surface area contributed by atoms with Crippen LogP contribution in [0.2, 0.25) is 0 Å². The van der Waals surface area contributed by atoms with Gasteiger partial charge >= 0.3 is 0 Å². The van der Waals surface area contributed by atoms with Gasteiger partial charge in [-0.05, 0) is 43.0 Å². The Kier molecular flexibility index (Phi) is 3.53. The first-order valence-corrected chi connectivity index (χ1v) is 7.84. The molecule has 2 aromatic rings. The number of thioether (sulfide) groups is 1. The Morgan fingerprint density at radius 2 is 1.90 bits per heavy atom. The third kappa shape index (κ3) is 2.46. The number of hydrogen-bond donors (Lipinski definition) is 0. The van der Waals surface area contributed by atoms with Crippen LogP contribution in [0.1, 0.15) is 34.0 Å². The van der Waals surface area contributed by atoms with E-state index < -0.39 is 0 Å². The van der Waals surface area contributed by atoms with Crippen LogP contribution in [0.25, 0.3) is 0 Å². The molecule has 0 fully saturated rings. The van der Waals surface area contributed by atoms with E-state index in [4.69, 9.17) is 4.74 Å². The maximum atomic E-state index is 12.3. The van der Waals surface area contributed by atoms with Crippen LogP contribution in [-0.2, 0) is 0 Å². The van der Waals surface area contributed by atoms with Gasteiger partial charge in [0.1, 0.15) is 11.9 Å². The topological polar surface area (TPSA) is 26.3 Å². The second kappa shape index (κ2) is 5.33. The lowest BCUT2D eigenvalue weighted by molar-refractivity contribution is 0.0850. The molecule has 20 heavy (non-hydrogen) atoms. The summed E-state index contributed by atoms with van der Waals surface area (Å²) in [4.78, 5) is 13.5. The van der Waals surface area contributed by atoms with Gasteiger partial charge in [-0.25, -0.2) is 0 Å². The molecule has 0 aliphatic carbocycles. The van der Waals surface area contributed by atoms with Crippen molar-refractivity contribution in [1.29, 1.82) is 0 Å². The summed E-state index contributed by atoms with van der Waals surface area (Å²) in [6.07, 6.45) is 2.29. The molecule has 1 heterocycles. The summed E-state index contributed by atoms with van der Waals surface area (Å²) >= 11 is 1.71. The van der Waals surface area contributed by atoms with E-state index in [-0.39, 0.29) is 11.9 Å². The lowest BCUT2D eigenvalue weighted by Gasteiger charge is -2.25.